The number of rotatable bonds is 8. The number of nitrogens with zero attached hydrogens (tertiary/aromatic N) is 15. The van der Waals surface area contributed by atoms with Crippen molar-refractivity contribution < 1.29 is 59.8 Å². The van der Waals surface area contributed by atoms with Gasteiger partial charge in [-0.1, -0.05) is 41.4 Å². The third kappa shape index (κ3) is 10.1. The van der Waals surface area contributed by atoms with Gasteiger partial charge in [-0.15, -0.1) is 45.0 Å². The number of aromatic amines is 2. The molecular formula is C55H50N20O14. The summed E-state index contributed by atoms with van der Waals surface area (Å²) in [4.78, 5) is 68.3. The van der Waals surface area contributed by atoms with E-state index in [1.165, 1.54) is 62.6 Å². The van der Waals surface area contributed by atoms with Crippen LogP contribution < -0.4 is 28.3 Å². The minimum atomic E-state index is -1.65. The van der Waals surface area contributed by atoms with Crippen molar-refractivity contribution in [2.24, 2.45) is 23.7 Å². The average Bonchev–Trinajstić information content (AvgIpc) is 2.66. The normalized spacial score (nSPS) is 30.8. The molecular weight excluding hydrogens is 1160 g/mol. The van der Waals surface area contributed by atoms with Crippen LogP contribution >= 0.6 is 0 Å². The summed E-state index contributed by atoms with van der Waals surface area (Å²) in [6, 6.07) is 1.95. The predicted octanol–water partition coefficient (Wildman–Crippen LogP) is -5.46. The lowest BCUT2D eigenvalue weighted by molar-refractivity contribution is -0.0895. The van der Waals surface area contributed by atoms with Crippen molar-refractivity contribution in [1.82, 2.24) is 78.1 Å². The summed E-state index contributed by atoms with van der Waals surface area (Å²) in [5, 5.41) is 88.5. The third-order valence-corrected chi connectivity index (χ3v) is 15.2. The molecule has 0 amide bonds. The Morgan fingerprint density at radius 2 is 0.809 bits per heavy atom. The van der Waals surface area contributed by atoms with Crippen LogP contribution in [0.4, 0.5) is 17.6 Å². The Morgan fingerprint density at radius 3 is 1.16 bits per heavy atom. The first-order valence-corrected chi connectivity index (χ1v) is 25.7. The molecule has 89 heavy (non-hydrogen) atoms. The first-order chi connectivity index (χ1) is 42.7. The molecule has 0 saturated carbocycles. The van der Waals surface area contributed by atoms with Gasteiger partial charge in [0.05, 0.1) is 81.9 Å². The highest BCUT2D eigenvalue weighted by Crippen LogP contribution is 2.45. The maximum absolute atomic E-state index is 11.8. The molecule has 0 aromatic carbocycles. The molecule has 16 atom stereocenters. The number of nitrogens with two attached hydrogens (primary N) is 3. The SMILES string of the molecule is C#C[C@@H]1[C@H](n2cnc3c(=O)[nH]c(N)nc32)O[C@](C#C)(CO)[C@H]1O.C#C[C@@H]1[C@H](n2cnc3c(=O)[nH]cnc32)O[C@](C#C)(CO)[C@H]1O.C#C[C@@H]1[C@H](n2cnc3c(N)ncnc32)O[C@](C#C)(CO)[C@H]1O.C#C[C@]1(CO)O[C@@H](n2cnc3c(N)ncnc32)[C@@H](C#N)[C@@H]1O. The summed E-state index contributed by atoms with van der Waals surface area (Å²) in [5.74, 6) is 13.1. The Balaban J connectivity index is 0.000000141. The van der Waals surface area contributed by atoms with Gasteiger partial charge in [0.15, 0.2) is 92.6 Å². The van der Waals surface area contributed by atoms with E-state index in [2.05, 4.69) is 101 Å². The molecule has 0 aliphatic carbocycles. The number of hydrogen-bond donors (Lipinski definition) is 13. The van der Waals surface area contributed by atoms with E-state index in [0.29, 0.717) is 22.3 Å². The van der Waals surface area contributed by atoms with Gasteiger partial charge < -0.3 is 82.0 Å². The monoisotopic (exact) mass is 1210 g/mol. The first kappa shape index (κ1) is 62.7. The van der Waals surface area contributed by atoms with E-state index in [9.17, 15) is 55.7 Å². The highest BCUT2D eigenvalue weighted by molar-refractivity contribution is 5.82. The number of hydrogen-bond acceptors (Lipinski definition) is 28. The van der Waals surface area contributed by atoms with Crippen LogP contribution in [-0.4, -0.2) is 192 Å². The number of terminal acetylenes is 7. The summed E-state index contributed by atoms with van der Waals surface area (Å²) in [7, 11) is 0. The fourth-order valence-corrected chi connectivity index (χ4v) is 10.3. The largest absolute Gasteiger partial charge is 0.392 e. The van der Waals surface area contributed by atoms with Gasteiger partial charge in [0, 0.05) is 0 Å². The molecule has 4 aliphatic heterocycles. The van der Waals surface area contributed by atoms with Crippen LogP contribution in [0.5, 0.6) is 0 Å². The highest BCUT2D eigenvalue weighted by atomic mass is 16.6. The molecule has 454 valence electrons. The molecule has 8 aromatic heterocycles. The Bertz CT molecular complexity index is 4370. The summed E-state index contributed by atoms with van der Waals surface area (Å²) < 4.78 is 28.4. The van der Waals surface area contributed by atoms with Gasteiger partial charge in [-0.25, -0.2) is 44.9 Å². The summed E-state index contributed by atoms with van der Waals surface area (Å²) >= 11 is 0. The Kier molecular flexibility index (Phi) is 17.2. The molecule has 0 unspecified atom stereocenters. The van der Waals surface area contributed by atoms with Gasteiger partial charge in [0.1, 0.15) is 54.0 Å². The number of anilines is 3. The molecule has 12 heterocycles. The maximum Gasteiger partial charge on any atom is 0.280 e. The molecule has 4 saturated heterocycles. The van der Waals surface area contributed by atoms with Crippen molar-refractivity contribution in [3.8, 4) is 92.5 Å². The van der Waals surface area contributed by atoms with Crippen LogP contribution in [0.1, 0.15) is 24.9 Å². The number of nitrogens with one attached hydrogen (secondary N) is 2. The third-order valence-electron chi connectivity index (χ3n) is 15.2. The summed E-state index contributed by atoms with van der Waals surface area (Å²) in [6.07, 6.45) is 38.3. The first-order valence-electron chi connectivity index (χ1n) is 25.7. The van der Waals surface area contributed by atoms with Gasteiger partial charge in [0.25, 0.3) is 11.1 Å². The number of ether oxygens (including phenoxy) is 4. The zero-order valence-electron chi connectivity index (χ0n) is 45.8. The molecule has 4 fully saturated rings. The van der Waals surface area contributed by atoms with Gasteiger partial charge in [0.2, 0.25) is 5.95 Å². The van der Waals surface area contributed by atoms with Crippen molar-refractivity contribution in [3.05, 3.63) is 65.0 Å². The van der Waals surface area contributed by atoms with Gasteiger partial charge in [-0.2, -0.15) is 10.2 Å². The van der Waals surface area contributed by atoms with Crippen molar-refractivity contribution in [3.63, 3.8) is 0 Å². The van der Waals surface area contributed by atoms with Gasteiger partial charge in [-0.3, -0.25) is 32.8 Å². The van der Waals surface area contributed by atoms with E-state index in [1.807, 2.05) is 6.07 Å². The lowest BCUT2D eigenvalue weighted by Crippen LogP contribution is -2.43. The molecule has 0 radical (unpaired) electrons. The van der Waals surface area contributed by atoms with Crippen LogP contribution in [0.15, 0.2) is 53.9 Å². The molecule has 34 nitrogen and oxygen atoms in total. The highest BCUT2D eigenvalue weighted by Gasteiger charge is 2.58. The van der Waals surface area contributed by atoms with E-state index in [0.717, 1.165) is 0 Å². The van der Waals surface area contributed by atoms with Crippen LogP contribution in [0.2, 0.25) is 0 Å². The number of nitriles is 1. The van der Waals surface area contributed by atoms with Crippen molar-refractivity contribution in [2.45, 2.75) is 71.7 Å². The second kappa shape index (κ2) is 24.5. The topological polar surface area (TPSA) is 515 Å². The average molecular weight is 1220 g/mol. The molecule has 0 spiro atoms. The van der Waals surface area contributed by atoms with Crippen molar-refractivity contribution in [2.75, 3.05) is 43.6 Å². The van der Waals surface area contributed by atoms with Crippen molar-refractivity contribution >= 4 is 62.2 Å². The van der Waals surface area contributed by atoms with E-state index < -0.39 is 133 Å². The Morgan fingerprint density at radius 1 is 0.483 bits per heavy atom. The number of aliphatic hydroxyl groups is 8. The minimum Gasteiger partial charge on any atom is -0.392 e. The predicted molar refractivity (Wildman–Crippen MR) is 305 cm³/mol. The Labute approximate surface area is 500 Å². The van der Waals surface area contributed by atoms with Crippen LogP contribution in [0.3, 0.4) is 0 Å². The molecule has 34 heteroatoms. The Hall–Kier alpha value is -10.9. The fraction of sp³-hybridized carbons (Fsp3) is 0.364. The summed E-state index contributed by atoms with van der Waals surface area (Å²) in [5.41, 5.74) is 11.6. The molecule has 16 N–H and O–H groups in total. The van der Waals surface area contributed by atoms with Gasteiger partial charge in [-0.05, 0) is 0 Å². The van der Waals surface area contributed by atoms with E-state index in [1.54, 1.807) is 0 Å². The second-order valence-electron chi connectivity index (χ2n) is 19.8. The smallest absolute Gasteiger partial charge is 0.280 e. The zero-order valence-corrected chi connectivity index (χ0v) is 45.8. The molecule has 8 aromatic rings. The lowest BCUT2D eigenvalue weighted by atomic mass is 9.91. The summed E-state index contributed by atoms with van der Waals surface area (Å²) in [6.45, 7) is -2.41. The van der Waals surface area contributed by atoms with Crippen LogP contribution in [0, 0.1) is 121 Å². The standard InChI is InChI=1S/C14H13N5O4.C14H13N5O3.C14H12N4O4.C13H12N6O3/c1-3-7-9(21)14(4-2,5-20)23-12(7)19-6-16-8-10(19)17-13(15)18-11(8)22;1-3-8-10(21)14(4-2,5-20)22-13(8)19-7-18-9-11(15)16-6-17-12(9)19;1-3-8-10(20)14(4-2,5-19)22-13(8)18-7-17-9-11(18)15-6-16-12(9)21;1-2-13(4-20)9(21)7(3-14)12(22-13)19-6-18-8-10(15)16-5-17-11(8)19/h1-2,6-7,9,12,20-21H,5H2,(H3,15,17,18,22);1-2,6-8,10,13,20-21H,5H2,(H2,15,16,17);1-2,6-8,10,13,19-20H,5H2,(H,15,16,21);1,5-7,9,12,20-21H,4H2,(H2,15,16,17)/t7-,9-,12+,14+;2*8-,10-,13+,14+;7-,9-,12+,13+/m0000/s1. The van der Waals surface area contributed by atoms with Gasteiger partial charge >= 0.3 is 0 Å². The molecule has 4 aliphatic rings. The van der Waals surface area contributed by atoms with Crippen LogP contribution in [-0.2, 0) is 18.9 Å². The number of H-pyrrole nitrogens is 2. The number of nitrogen functional groups attached to an aromatic ring is 3. The maximum atomic E-state index is 11.8. The van der Waals surface area contributed by atoms with E-state index in [-0.39, 0.29) is 39.9 Å². The van der Waals surface area contributed by atoms with E-state index >= 15 is 0 Å². The second-order valence-corrected chi connectivity index (χ2v) is 19.8. The van der Waals surface area contributed by atoms with E-state index in [4.69, 9.17) is 81.1 Å². The number of fused-ring (bicyclic) bond motifs is 4. The van der Waals surface area contributed by atoms with Crippen molar-refractivity contribution in [1.29, 1.82) is 5.26 Å². The quantitative estimate of drug-likeness (QED) is 0.0631. The molecule has 12 rings (SSSR count). The zero-order chi connectivity index (χ0) is 64.5. The number of aromatic nitrogens is 16. The number of imidazole rings is 4. The molecule has 0 bridgehead atoms. The lowest BCUT2D eigenvalue weighted by Gasteiger charge is -2.23. The minimum absolute atomic E-state index is 0.0373. The van der Waals surface area contributed by atoms with Crippen LogP contribution in [0.25, 0.3) is 44.7 Å². The number of aliphatic hydroxyl groups excluding tert-OH is 8. The fourth-order valence-electron chi connectivity index (χ4n) is 10.3.